The van der Waals surface area contributed by atoms with Gasteiger partial charge in [0.2, 0.25) is 17.7 Å². The fourth-order valence-corrected chi connectivity index (χ4v) is 13.3. The standard InChI is InChI=1S/C25H21N5O3S.C23H23N5O3S.C20H20N6O3S/c1-28-23-21(24(32)29(2)25(28)33)30(22(27-23)17-6-4-3-5-7-17)14-20(31)26-19-10-8-16(9-11-19)18-12-13-34-15-18;1-13(21(29)24-17-8-6-14(7-9-17)16-10-11-32-12-16)28-18-20(25-19(28)15-4-5-15)26(2)23(31)27(3)22(18)30;1-11(17(27)23-14-7-5-13(6-8-14)18-21-9-10-30-18)26-12(2)22-16-15(26)19(28)25(4)20(29)24(16)3/h3-13,15H,14H2,1-2H3,(H,26,31);6-13,15H,4-5H2,1-3H3,(H,24,29);5-11H,1-4H3,(H,23,27). The van der Waals surface area contributed by atoms with E-state index in [2.05, 4.69) is 52.7 Å². The minimum Gasteiger partial charge on any atom is -0.325 e. The Morgan fingerprint density at radius 2 is 0.938 bits per heavy atom. The molecule has 28 heteroatoms. The van der Waals surface area contributed by atoms with Crippen molar-refractivity contribution in [3.63, 3.8) is 0 Å². The maximum atomic E-state index is 13.2. The van der Waals surface area contributed by atoms with Gasteiger partial charge in [-0.2, -0.15) is 22.7 Å². The Morgan fingerprint density at radius 3 is 1.41 bits per heavy atom. The molecule has 13 aromatic rings. The van der Waals surface area contributed by atoms with Gasteiger partial charge in [0.05, 0.1) is 0 Å². The average Bonchev–Trinajstić information content (AvgIpc) is 1.59. The molecule has 3 amide bonds. The number of aryl methyl sites for hydroxylation is 4. The van der Waals surface area contributed by atoms with Gasteiger partial charge >= 0.3 is 17.1 Å². The van der Waals surface area contributed by atoms with Crippen LogP contribution in [0.2, 0.25) is 0 Å². The fraction of sp³-hybridized carbons (Fsp3) is 0.221. The van der Waals surface area contributed by atoms with Gasteiger partial charge in [0.1, 0.15) is 41.1 Å². The lowest BCUT2D eigenvalue weighted by Crippen LogP contribution is -2.38. The Balaban J connectivity index is 0.000000138. The monoisotopic (exact) mass is 1340 g/mol. The second-order valence-electron chi connectivity index (χ2n) is 23.1. The van der Waals surface area contributed by atoms with Crippen molar-refractivity contribution in [2.45, 2.75) is 58.2 Å². The summed E-state index contributed by atoms with van der Waals surface area (Å²) in [6.07, 6.45) is 3.65. The van der Waals surface area contributed by atoms with Gasteiger partial charge in [0.15, 0.2) is 33.5 Å². The van der Waals surface area contributed by atoms with Crippen LogP contribution in [0.25, 0.3) is 77.7 Å². The number of fused-ring (bicyclic) bond motifs is 3. The van der Waals surface area contributed by atoms with Crippen molar-refractivity contribution in [1.82, 2.24) is 61.0 Å². The summed E-state index contributed by atoms with van der Waals surface area (Å²) in [6, 6.07) is 34.7. The topological polar surface area (TPSA) is 286 Å². The molecule has 0 saturated heterocycles. The van der Waals surface area contributed by atoms with E-state index in [-0.39, 0.29) is 58.0 Å². The quantitative estimate of drug-likeness (QED) is 0.0919. The first-order chi connectivity index (χ1) is 46.1. The highest BCUT2D eigenvalue weighted by molar-refractivity contribution is 7.13. The summed E-state index contributed by atoms with van der Waals surface area (Å²) >= 11 is 4.81. The smallest absolute Gasteiger partial charge is 0.325 e. The molecule has 2 unspecified atom stereocenters. The highest BCUT2D eigenvalue weighted by Crippen LogP contribution is 2.41. The van der Waals surface area contributed by atoms with Gasteiger partial charge in [-0.3, -0.25) is 56.2 Å². The summed E-state index contributed by atoms with van der Waals surface area (Å²) in [5.74, 6) is 0.953. The van der Waals surface area contributed by atoms with Crippen LogP contribution in [-0.4, -0.2) is 78.8 Å². The number of carbonyl (C=O) groups excluding carboxylic acids is 3. The van der Waals surface area contributed by atoms with E-state index in [0.29, 0.717) is 40.2 Å². The second kappa shape index (κ2) is 26.6. The molecule has 14 rings (SSSR count). The summed E-state index contributed by atoms with van der Waals surface area (Å²) in [4.78, 5) is 133. The minimum atomic E-state index is -0.709. The molecule has 25 nitrogen and oxygen atoms in total. The first-order valence-electron chi connectivity index (χ1n) is 30.3. The van der Waals surface area contributed by atoms with Crippen LogP contribution in [-0.2, 0) is 63.2 Å². The Morgan fingerprint density at radius 1 is 0.490 bits per heavy atom. The highest BCUT2D eigenvalue weighted by atomic mass is 32.1. The summed E-state index contributed by atoms with van der Waals surface area (Å²) < 4.78 is 11.9. The van der Waals surface area contributed by atoms with Gasteiger partial charge in [-0.1, -0.05) is 54.6 Å². The van der Waals surface area contributed by atoms with Crippen LogP contribution in [0.4, 0.5) is 17.1 Å². The third-order valence-corrected chi connectivity index (χ3v) is 19.0. The van der Waals surface area contributed by atoms with Crippen LogP contribution >= 0.6 is 34.0 Å². The maximum absolute atomic E-state index is 13.2. The molecule has 0 radical (unpaired) electrons. The predicted molar refractivity (Wildman–Crippen MR) is 375 cm³/mol. The molecule has 9 heterocycles. The number of thiazole rings is 1. The van der Waals surface area contributed by atoms with Crippen LogP contribution in [0.15, 0.2) is 177 Å². The van der Waals surface area contributed by atoms with Gasteiger partial charge in [-0.05, 0) is 138 Å². The van der Waals surface area contributed by atoms with E-state index in [0.717, 1.165) is 64.9 Å². The number of rotatable bonds is 14. The number of hydrogen-bond acceptors (Lipinski definition) is 16. The number of carbonyl (C=O) groups is 3. The molecule has 96 heavy (non-hydrogen) atoms. The zero-order valence-corrected chi connectivity index (χ0v) is 55.9. The molecule has 4 aromatic carbocycles. The van der Waals surface area contributed by atoms with Crippen molar-refractivity contribution >= 4 is 102 Å². The number of nitrogens with one attached hydrogen (secondary N) is 3. The highest BCUT2D eigenvalue weighted by Gasteiger charge is 2.35. The molecule has 1 aliphatic carbocycles. The zero-order chi connectivity index (χ0) is 68.0. The lowest BCUT2D eigenvalue weighted by molar-refractivity contribution is -0.119. The minimum absolute atomic E-state index is 0.138. The second-order valence-corrected chi connectivity index (χ2v) is 25.6. The van der Waals surface area contributed by atoms with Gasteiger partial charge in [0.25, 0.3) is 16.7 Å². The van der Waals surface area contributed by atoms with Crippen LogP contribution < -0.4 is 49.7 Å². The van der Waals surface area contributed by atoms with E-state index >= 15 is 0 Å². The number of amides is 3. The molecule has 0 aliphatic heterocycles. The number of benzene rings is 4. The van der Waals surface area contributed by atoms with Crippen LogP contribution in [0.3, 0.4) is 0 Å². The van der Waals surface area contributed by atoms with Crippen LogP contribution in [0, 0.1) is 6.92 Å². The van der Waals surface area contributed by atoms with E-state index in [1.165, 1.54) is 34.8 Å². The van der Waals surface area contributed by atoms with E-state index in [1.807, 2.05) is 125 Å². The van der Waals surface area contributed by atoms with Crippen LogP contribution in [0.1, 0.15) is 56.3 Å². The summed E-state index contributed by atoms with van der Waals surface area (Å²) in [5.41, 5.74) is 6.80. The largest absolute Gasteiger partial charge is 0.332 e. The Hall–Kier alpha value is -11.2. The van der Waals surface area contributed by atoms with Gasteiger partial charge < -0.3 is 29.7 Å². The molecule has 3 N–H and O–H groups in total. The molecule has 1 saturated carbocycles. The Labute approximate surface area is 557 Å². The zero-order valence-electron chi connectivity index (χ0n) is 53.5. The Bertz CT molecular complexity index is 5500. The lowest BCUT2D eigenvalue weighted by Gasteiger charge is -2.17. The number of imidazole rings is 3. The number of nitrogens with zero attached hydrogens (tertiary/aromatic N) is 13. The molecule has 9 aromatic heterocycles. The van der Waals surface area contributed by atoms with Gasteiger partial charge in [-0.25, -0.2) is 34.3 Å². The SMILES string of the molecule is CC(C(=O)Nc1ccc(-c2ccsc2)cc1)n1c(C2CC2)nc2c1c(=O)n(C)c(=O)n2C.Cc1nc2c(c(=O)n(C)c(=O)n2C)n1C(C)C(=O)Nc1ccc(-c2nccs2)cc1.Cn1c(=O)c2c(nc(-c3ccccc3)n2CC(=O)Nc2ccc(-c3ccsc3)cc2)n(C)c1=O. The molecule has 0 spiro atoms. The normalized spacial score (nSPS) is 12.6. The van der Waals surface area contributed by atoms with Crippen molar-refractivity contribution < 1.29 is 14.4 Å². The van der Waals surface area contributed by atoms with Gasteiger partial charge in [0, 0.05) is 88.0 Å². The molecule has 1 fully saturated rings. The molecular weight excluding hydrogens is 1280 g/mol. The number of thiophene rings is 2. The van der Waals surface area contributed by atoms with Crippen molar-refractivity contribution in [2.24, 2.45) is 42.3 Å². The fourth-order valence-electron chi connectivity index (χ4n) is 11.3. The maximum Gasteiger partial charge on any atom is 0.332 e. The third kappa shape index (κ3) is 12.5. The van der Waals surface area contributed by atoms with Crippen molar-refractivity contribution in [3.8, 4) is 44.2 Å². The van der Waals surface area contributed by atoms with Crippen molar-refractivity contribution in [3.05, 3.63) is 223 Å². The van der Waals surface area contributed by atoms with Crippen molar-refractivity contribution in [2.75, 3.05) is 16.0 Å². The summed E-state index contributed by atoms with van der Waals surface area (Å²) in [7, 11) is 8.97. The van der Waals surface area contributed by atoms with Gasteiger partial charge in [-0.15, -0.1) is 11.3 Å². The number of anilines is 3. The third-order valence-electron chi connectivity index (χ3n) is 16.8. The average molecular weight is 1350 g/mol. The first kappa shape index (κ1) is 64.9. The first-order valence-corrected chi connectivity index (χ1v) is 33.1. The van der Waals surface area contributed by atoms with E-state index in [4.69, 9.17) is 0 Å². The van der Waals surface area contributed by atoms with E-state index in [9.17, 15) is 43.2 Å². The number of hydrogen-bond donors (Lipinski definition) is 3. The number of aromatic nitrogens is 13. The van der Waals surface area contributed by atoms with Crippen molar-refractivity contribution in [1.29, 1.82) is 0 Å². The molecular formula is C68H64N16O9S3. The lowest BCUT2D eigenvalue weighted by atomic mass is 10.1. The molecule has 488 valence electrons. The van der Waals surface area contributed by atoms with E-state index in [1.54, 1.807) is 95.8 Å². The summed E-state index contributed by atoms with van der Waals surface area (Å²) in [6.45, 7) is 5.02. The van der Waals surface area contributed by atoms with Crippen LogP contribution in [0.5, 0.6) is 0 Å². The molecule has 1 aliphatic rings. The molecule has 2 atom stereocenters. The van der Waals surface area contributed by atoms with E-state index < -0.39 is 45.8 Å². The molecule has 0 bridgehead atoms. The Kier molecular flexibility index (Phi) is 18.0. The predicted octanol–water partition coefficient (Wildman–Crippen LogP) is 8.77. The summed E-state index contributed by atoms with van der Waals surface area (Å²) in [5, 5.41) is 19.7.